The fourth-order valence-corrected chi connectivity index (χ4v) is 4.60. The third kappa shape index (κ3) is 6.93. The van der Waals surface area contributed by atoms with Gasteiger partial charge in [0.2, 0.25) is 11.8 Å². The van der Waals surface area contributed by atoms with E-state index in [9.17, 15) is 14.4 Å². The smallest absolute Gasteiger partial charge is 0.322 e. The Balaban J connectivity index is 1.29. The van der Waals surface area contributed by atoms with Gasteiger partial charge in [-0.2, -0.15) is 5.10 Å². The molecule has 1 atom stereocenters. The first-order chi connectivity index (χ1) is 17.9. The Morgan fingerprint density at radius 2 is 1.84 bits per heavy atom. The average Bonchev–Trinajstić information content (AvgIpc) is 3.34. The summed E-state index contributed by atoms with van der Waals surface area (Å²) in [6.45, 7) is 6.35. The lowest BCUT2D eigenvalue weighted by molar-refractivity contribution is -0.132. The van der Waals surface area contributed by atoms with Crippen LogP contribution in [0.5, 0.6) is 0 Å². The van der Waals surface area contributed by atoms with Gasteiger partial charge >= 0.3 is 6.03 Å². The Kier molecular flexibility index (Phi) is 8.87. The standard InChI is InChI=1S/C28H36N6O3/c1-3-4-7-25(35)30-13-5-6-15-34-26(36)16-20(2)27(32-34)21-8-10-24(11-9-21)31-28(37)33-18-22-12-14-29-17-23(22)19-33/h8-12,14,17,20H,3-7,13,15-16,18-19H2,1-2H3,(H,30,35)(H,31,37). The predicted octanol–water partition coefficient (Wildman–Crippen LogP) is 4.29. The zero-order chi connectivity index (χ0) is 26.2. The number of anilines is 1. The molecular formula is C28H36N6O3. The molecule has 0 fully saturated rings. The van der Waals surface area contributed by atoms with Gasteiger partial charge in [-0.15, -0.1) is 0 Å². The number of carbonyl (C=O) groups is 3. The van der Waals surface area contributed by atoms with E-state index in [1.54, 1.807) is 16.1 Å². The largest absolute Gasteiger partial charge is 0.356 e. The summed E-state index contributed by atoms with van der Waals surface area (Å²) in [6, 6.07) is 9.42. The van der Waals surface area contributed by atoms with E-state index in [1.807, 2.05) is 43.5 Å². The van der Waals surface area contributed by atoms with Crippen LogP contribution < -0.4 is 10.6 Å². The fourth-order valence-electron chi connectivity index (χ4n) is 4.60. The molecule has 4 rings (SSSR count). The fraction of sp³-hybridized carbons (Fsp3) is 0.464. The summed E-state index contributed by atoms with van der Waals surface area (Å²) >= 11 is 0. The van der Waals surface area contributed by atoms with Crippen molar-refractivity contribution in [3.63, 3.8) is 0 Å². The molecule has 2 N–H and O–H groups in total. The maximum Gasteiger partial charge on any atom is 0.322 e. The molecule has 3 heterocycles. The molecule has 9 nitrogen and oxygen atoms in total. The molecule has 9 heteroatoms. The Hall–Kier alpha value is -3.75. The number of aromatic nitrogens is 1. The summed E-state index contributed by atoms with van der Waals surface area (Å²) in [7, 11) is 0. The van der Waals surface area contributed by atoms with Gasteiger partial charge in [-0.05, 0) is 54.2 Å². The van der Waals surface area contributed by atoms with E-state index in [0.717, 1.165) is 48.1 Å². The van der Waals surface area contributed by atoms with E-state index >= 15 is 0 Å². The summed E-state index contributed by atoms with van der Waals surface area (Å²) in [5, 5.41) is 12.1. The SMILES string of the molecule is CCCCC(=O)NCCCCN1N=C(c2ccc(NC(=O)N3Cc4ccncc4C3)cc2)C(C)CC1=O. The molecule has 0 aliphatic carbocycles. The Morgan fingerprint density at radius 3 is 2.59 bits per heavy atom. The maximum absolute atomic E-state index is 12.7. The molecule has 0 saturated heterocycles. The van der Waals surface area contributed by atoms with Crippen molar-refractivity contribution in [3.05, 3.63) is 59.4 Å². The number of urea groups is 1. The zero-order valence-electron chi connectivity index (χ0n) is 21.7. The lowest BCUT2D eigenvalue weighted by Gasteiger charge is -2.28. The van der Waals surface area contributed by atoms with Crippen LogP contribution in [-0.2, 0) is 22.7 Å². The summed E-state index contributed by atoms with van der Waals surface area (Å²) < 4.78 is 0. The number of nitrogens with one attached hydrogen (secondary N) is 2. The molecule has 2 aliphatic rings. The van der Waals surface area contributed by atoms with Gasteiger partial charge in [0.1, 0.15) is 0 Å². The molecular weight excluding hydrogens is 468 g/mol. The number of hydrogen-bond acceptors (Lipinski definition) is 5. The highest BCUT2D eigenvalue weighted by Crippen LogP contribution is 2.24. The van der Waals surface area contributed by atoms with E-state index in [2.05, 4.69) is 27.6 Å². The van der Waals surface area contributed by atoms with E-state index in [-0.39, 0.29) is 23.8 Å². The third-order valence-corrected chi connectivity index (χ3v) is 6.79. The van der Waals surface area contributed by atoms with Crippen molar-refractivity contribution in [2.24, 2.45) is 11.0 Å². The van der Waals surface area contributed by atoms with Crippen LogP contribution in [-0.4, -0.2) is 51.5 Å². The van der Waals surface area contributed by atoms with Gasteiger partial charge in [0.25, 0.3) is 0 Å². The highest BCUT2D eigenvalue weighted by Gasteiger charge is 2.27. The quantitative estimate of drug-likeness (QED) is 0.471. The predicted molar refractivity (Wildman–Crippen MR) is 143 cm³/mol. The van der Waals surface area contributed by atoms with E-state index < -0.39 is 0 Å². The van der Waals surface area contributed by atoms with Crippen molar-refractivity contribution in [3.8, 4) is 0 Å². The number of hydrazone groups is 1. The number of nitrogens with zero attached hydrogens (tertiary/aromatic N) is 4. The van der Waals surface area contributed by atoms with Crippen LogP contribution in [0.1, 0.15) is 69.1 Å². The first-order valence-electron chi connectivity index (χ1n) is 13.2. The number of unbranched alkanes of at least 4 members (excludes halogenated alkanes) is 2. The summed E-state index contributed by atoms with van der Waals surface area (Å²) in [4.78, 5) is 42.9. The molecule has 1 unspecified atom stereocenters. The van der Waals surface area contributed by atoms with E-state index in [1.165, 1.54) is 0 Å². The molecule has 1 aromatic heterocycles. The summed E-state index contributed by atoms with van der Waals surface area (Å²) in [5.74, 6) is 0.125. The molecule has 0 bridgehead atoms. The van der Waals surface area contributed by atoms with Gasteiger partial charge < -0.3 is 15.5 Å². The minimum atomic E-state index is -0.148. The molecule has 196 valence electrons. The van der Waals surface area contributed by atoms with Crippen molar-refractivity contribution in [1.82, 2.24) is 20.2 Å². The van der Waals surface area contributed by atoms with E-state index in [4.69, 9.17) is 0 Å². The van der Waals surface area contributed by atoms with Crippen LogP contribution in [0.25, 0.3) is 0 Å². The molecule has 0 saturated carbocycles. The second-order valence-electron chi connectivity index (χ2n) is 9.78. The van der Waals surface area contributed by atoms with Crippen molar-refractivity contribution in [2.45, 2.75) is 65.5 Å². The second kappa shape index (κ2) is 12.5. The van der Waals surface area contributed by atoms with Crippen molar-refractivity contribution in [1.29, 1.82) is 0 Å². The van der Waals surface area contributed by atoms with Gasteiger partial charge in [-0.1, -0.05) is 32.4 Å². The molecule has 37 heavy (non-hydrogen) atoms. The van der Waals surface area contributed by atoms with Crippen LogP contribution in [0.2, 0.25) is 0 Å². The first kappa shape index (κ1) is 26.3. The van der Waals surface area contributed by atoms with Crippen LogP contribution in [0, 0.1) is 5.92 Å². The lowest BCUT2D eigenvalue weighted by atomic mass is 9.93. The van der Waals surface area contributed by atoms with Crippen LogP contribution in [0.4, 0.5) is 10.5 Å². The van der Waals surface area contributed by atoms with Gasteiger partial charge in [0, 0.05) is 63.0 Å². The van der Waals surface area contributed by atoms with Crippen LogP contribution in [0.15, 0.2) is 47.8 Å². The molecule has 2 aliphatic heterocycles. The van der Waals surface area contributed by atoms with E-state index in [0.29, 0.717) is 44.7 Å². The van der Waals surface area contributed by atoms with Crippen molar-refractivity contribution in [2.75, 3.05) is 18.4 Å². The van der Waals surface area contributed by atoms with Gasteiger partial charge in [0.15, 0.2) is 0 Å². The molecule has 4 amide bonds. The monoisotopic (exact) mass is 504 g/mol. The summed E-state index contributed by atoms with van der Waals surface area (Å²) in [6.07, 6.45) is 8.02. The number of benzene rings is 1. The Morgan fingerprint density at radius 1 is 1.05 bits per heavy atom. The third-order valence-electron chi connectivity index (χ3n) is 6.79. The molecule has 0 spiro atoms. The van der Waals surface area contributed by atoms with Crippen LogP contribution in [0.3, 0.4) is 0 Å². The van der Waals surface area contributed by atoms with Crippen molar-refractivity contribution < 1.29 is 14.4 Å². The Bertz CT molecular complexity index is 1120. The number of amides is 4. The minimum absolute atomic E-state index is 0.0127. The molecule has 2 aromatic rings. The van der Waals surface area contributed by atoms with Gasteiger partial charge in [0.05, 0.1) is 5.71 Å². The van der Waals surface area contributed by atoms with Gasteiger partial charge in [-0.25, -0.2) is 9.80 Å². The number of fused-ring (bicyclic) bond motifs is 1. The van der Waals surface area contributed by atoms with Crippen LogP contribution >= 0.6 is 0 Å². The average molecular weight is 505 g/mol. The highest BCUT2D eigenvalue weighted by molar-refractivity contribution is 6.06. The normalized spacial score (nSPS) is 16.9. The molecule has 1 aromatic carbocycles. The molecule has 0 radical (unpaired) electrons. The number of rotatable bonds is 10. The number of pyridine rings is 1. The maximum atomic E-state index is 12.7. The van der Waals surface area contributed by atoms with Crippen molar-refractivity contribution >= 4 is 29.2 Å². The topological polar surface area (TPSA) is 107 Å². The Labute approximate surface area is 218 Å². The number of hydrogen-bond donors (Lipinski definition) is 2. The number of carbonyl (C=O) groups excluding carboxylic acids is 3. The second-order valence-corrected chi connectivity index (χ2v) is 9.78. The first-order valence-corrected chi connectivity index (χ1v) is 13.2. The van der Waals surface area contributed by atoms with Gasteiger partial charge in [-0.3, -0.25) is 14.6 Å². The summed E-state index contributed by atoms with van der Waals surface area (Å²) in [5.41, 5.74) is 4.72. The minimum Gasteiger partial charge on any atom is -0.356 e. The lowest BCUT2D eigenvalue weighted by Crippen LogP contribution is -2.37. The zero-order valence-corrected chi connectivity index (χ0v) is 21.7. The highest BCUT2D eigenvalue weighted by atomic mass is 16.2.